The van der Waals surface area contributed by atoms with Crippen LogP contribution in [0.25, 0.3) is 0 Å². The first-order chi connectivity index (χ1) is 9.54. The molecule has 0 aliphatic carbocycles. The molecular formula is C12H17ClN2O4S. The third kappa shape index (κ3) is 5.96. The number of thioether (sulfide) groups is 1. The molecule has 6 nitrogen and oxygen atoms in total. The molecule has 0 aliphatic heterocycles. The van der Waals surface area contributed by atoms with Crippen molar-refractivity contribution in [3.8, 4) is 0 Å². The van der Waals surface area contributed by atoms with E-state index in [0.29, 0.717) is 17.3 Å². The highest BCUT2D eigenvalue weighted by molar-refractivity contribution is 7.99. The fourth-order valence-corrected chi connectivity index (χ4v) is 2.49. The fourth-order valence-electron chi connectivity index (χ4n) is 1.29. The van der Waals surface area contributed by atoms with Crippen LogP contribution in [-0.2, 0) is 9.53 Å². The van der Waals surface area contributed by atoms with Crippen molar-refractivity contribution in [2.45, 2.75) is 31.1 Å². The average Bonchev–Trinajstić information content (AvgIpc) is 2.40. The number of hydrogen-bond donors (Lipinski definition) is 3. The lowest BCUT2D eigenvalue weighted by Crippen LogP contribution is -2.18. The van der Waals surface area contributed by atoms with Gasteiger partial charge < -0.3 is 20.3 Å². The number of pyridine rings is 1. The fraction of sp³-hybridized carbons (Fsp3) is 0.500. The molecule has 0 aliphatic rings. The molecular weight excluding hydrogens is 304 g/mol. The third-order valence-corrected chi connectivity index (χ3v) is 3.70. The number of halogens is 1. The highest BCUT2D eigenvalue weighted by Gasteiger charge is 2.11. The lowest BCUT2D eigenvalue weighted by Gasteiger charge is -2.11. The van der Waals surface area contributed by atoms with Crippen LogP contribution in [0.4, 0.5) is 5.82 Å². The van der Waals surface area contributed by atoms with Gasteiger partial charge in [0.2, 0.25) is 6.41 Å². The van der Waals surface area contributed by atoms with E-state index in [9.17, 15) is 4.79 Å². The van der Waals surface area contributed by atoms with Crippen molar-refractivity contribution in [2.24, 2.45) is 0 Å². The minimum atomic E-state index is -1.73. The van der Waals surface area contributed by atoms with Crippen molar-refractivity contribution >= 4 is 35.1 Å². The van der Waals surface area contributed by atoms with Crippen molar-refractivity contribution in [1.29, 1.82) is 0 Å². The molecule has 112 valence electrons. The smallest absolute Gasteiger partial charge is 0.306 e. The average molecular weight is 321 g/mol. The van der Waals surface area contributed by atoms with Crippen LogP contribution in [0.2, 0.25) is 5.02 Å². The zero-order valence-electron chi connectivity index (χ0n) is 11.0. The molecule has 0 saturated carbocycles. The first-order valence-corrected chi connectivity index (χ1v) is 7.46. The number of nitrogens with zero attached hydrogens (tertiary/aromatic N) is 1. The Hall–Kier alpha value is -1.02. The van der Waals surface area contributed by atoms with E-state index >= 15 is 0 Å². The number of rotatable bonds is 8. The van der Waals surface area contributed by atoms with Gasteiger partial charge in [0.1, 0.15) is 5.82 Å². The minimum absolute atomic E-state index is 0.181. The van der Waals surface area contributed by atoms with E-state index < -0.39 is 6.41 Å². The maximum atomic E-state index is 11.3. The topological polar surface area (TPSA) is 91.7 Å². The molecule has 0 bridgehead atoms. The Kier molecular flexibility index (Phi) is 7.68. The summed E-state index contributed by atoms with van der Waals surface area (Å²) in [6.07, 6.45) is 0.848. The summed E-state index contributed by atoms with van der Waals surface area (Å²) in [4.78, 5) is 15.9. The van der Waals surface area contributed by atoms with Crippen molar-refractivity contribution in [1.82, 2.24) is 4.98 Å². The van der Waals surface area contributed by atoms with Crippen LogP contribution in [0.5, 0.6) is 0 Å². The standard InChI is InChI=1S/C12H17ClN2O4S/c1-2-6-19-9(16)4-7-20-8-3-5-14-11(10(8)13)15-12(17)18/h3,5,12,17-18H,2,4,6-7H2,1H3,(H,14,15). The molecule has 8 heteroatoms. The quantitative estimate of drug-likeness (QED) is 0.382. The molecule has 1 heterocycles. The zero-order chi connectivity index (χ0) is 15.0. The summed E-state index contributed by atoms with van der Waals surface area (Å²) in [6, 6.07) is 1.69. The van der Waals surface area contributed by atoms with Crippen LogP contribution < -0.4 is 5.32 Å². The molecule has 0 radical (unpaired) electrons. The van der Waals surface area contributed by atoms with E-state index in [0.717, 1.165) is 6.42 Å². The van der Waals surface area contributed by atoms with E-state index in [4.69, 9.17) is 26.6 Å². The van der Waals surface area contributed by atoms with Crippen LogP contribution in [0.3, 0.4) is 0 Å². The van der Waals surface area contributed by atoms with Gasteiger partial charge in [0.05, 0.1) is 18.1 Å². The summed E-state index contributed by atoms with van der Waals surface area (Å²) >= 11 is 7.44. The van der Waals surface area contributed by atoms with E-state index in [-0.39, 0.29) is 23.2 Å². The van der Waals surface area contributed by atoms with Crippen molar-refractivity contribution in [2.75, 3.05) is 17.7 Å². The molecule has 1 aromatic rings. The van der Waals surface area contributed by atoms with Crippen LogP contribution in [0, 0.1) is 0 Å². The molecule has 0 unspecified atom stereocenters. The number of nitrogens with one attached hydrogen (secondary N) is 1. The molecule has 1 aromatic heterocycles. The molecule has 0 atom stereocenters. The maximum absolute atomic E-state index is 11.3. The van der Waals surface area contributed by atoms with Gasteiger partial charge in [-0.25, -0.2) is 4.98 Å². The summed E-state index contributed by atoms with van der Waals surface area (Å²) in [6.45, 7) is 2.37. The number of ether oxygens (including phenoxy) is 1. The molecule has 0 saturated heterocycles. The number of carbonyl (C=O) groups is 1. The summed E-state index contributed by atoms with van der Waals surface area (Å²) in [5.74, 6) is 0.460. The molecule has 0 fully saturated rings. The van der Waals surface area contributed by atoms with Crippen LogP contribution >= 0.6 is 23.4 Å². The number of carbonyl (C=O) groups excluding carboxylic acids is 1. The summed E-state index contributed by atoms with van der Waals surface area (Å²) in [5.41, 5.74) is 0. The van der Waals surface area contributed by atoms with Gasteiger partial charge >= 0.3 is 5.97 Å². The Morgan fingerprint density at radius 3 is 3.00 bits per heavy atom. The molecule has 0 aromatic carbocycles. The lowest BCUT2D eigenvalue weighted by molar-refractivity contribution is -0.143. The first kappa shape index (κ1) is 17.0. The molecule has 20 heavy (non-hydrogen) atoms. The molecule has 0 amide bonds. The van der Waals surface area contributed by atoms with E-state index in [2.05, 4.69) is 10.3 Å². The lowest BCUT2D eigenvalue weighted by atomic mass is 10.4. The van der Waals surface area contributed by atoms with Gasteiger partial charge in [-0.05, 0) is 12.5 Å². The monoisotopic (exact) mass is 320 g/mol. The SMILES string of the molecule is CCCOC(=O)CCSc1ccnc(NC(O)O)c1Cl. The van der Waals surface area contributed by atoms with E-state index in [1.807, 2.05) is 6.92 Å². The van der Waals surface area contributed by atoms with Gasteiger partial charge in [-0.1, -0.05) is 18.5 Å². The van der Waals surface area contributed by atoms with Gasteiger partial charge in [0, 0.05) is 16.8 Å². The first-order valence-electron chi connectivity index (χ1n) is 6.10. The number of hydrogen-bond acceptors (Lipinski definition) is 7. The van der Waals surface area contributed by atoms with Crippen LogP contribution in [0.1, 0.15) is 19.8 Å². The molecule has 0 spiro atoms. The Labute approximate surface area is 126 Å². The summed E-state index contributed by atoms with van der Waals surface area (Å²) in [5, 5.41) is 20.2. The van der Waals surface area contributed by atoms with Gasteiger partial charge in [0.15, 0.2) is 0 Å². The Bertz CT molecular complexity index is 445. The van der Waals surface area contributed by atoms with E-state index in [1.54, 1.807) is 6.07 Å². The van der Waals surface area contributed by atoms with Gasteiger partial charge in [-0.15, -0.1) is 11.8 Å². The zero-order valence-corrected chi connectivity index (χ0v) is 12.6. The minimum Gasteiger partial charge on any atom is -0.466 e. The van der Waals surface area contributed by atoms with Crippen LogP contribution in [0.15, 0.2) is 17.2 Å². The Morgan fingerprint density at radius 2 is 2.35 bits per heavy atom. The Morgan fingerprint density at radius 1 is 1.60 bits per heavy atom. The highest BCUT2D eigenvalue weighted by Crippen LogP contribution is 2.32. The normalized spacial score (nSPS) is 10.7. The van der Waals surface area contributed by atoms with Crippen LogP contribution in [-0.4, -0.2) is 39.9 Å². The number of aliphatic hydroxyl groups is 2. The van der Waals surface area contributed by atoms with Gasteiger partial charge in [-0.3, -0.25) is 4.79 Å². The van der Waals surface area contributed by atoms with E-state index in [1.165, 1.54) is 18.0 Å². The largest absolute Gasteiger partial charge is 0.466 e. The number of aromatic nitrogens is 1. The van der Waals surface area contributed by atoms with Gasteiger partial charge in [0.25, 0.3) is 0 Å². The summed E-state index contributed by atoms with van der Waals surface area (Å²) in [7, 11) is 0. The predicted octanol–water partition coefficient (Wildman–Crippen LogP) is 1.85. The summed E-state index contributed by atoms with van der Waals surface area (Å²) < 4.78 is 4.96. The second kappa shape index (κ2) is 9.02. The number of aliphatic hydroxyl groups excluding tert-OH is 1. The van der Waals surface area contributed by atoms with Crippen molar-refractivity contribution in [3.05, 3.63) is 17.3 Å². The van der Waals surface area contributed by atoms with Crippen molar-refractivity contribution < 1.29 is 19.7 Å². The third-order valence-electron chi connectivity index (χ3n) is 2.15. The predicted molar refractivity (Wildman–Crippen MR) is 77.7 cm³/mol. The number of esters is 1. The highest BCUT2D eigenvalue weighted by atomic mass is 35.5. The van der Waals surface area contributed by atoms with Crippen molar-refractivity contribution in [3.63, 3.8) is 0 Å². The second-order valence-corrected chi connectivity index (χ2v) is 5.32. The maximum Gasteiger partial charge on any atom is 0.306 e. The number of anilines is 1. The van der Waals surface area contributed by atoms with Gasteiger partial charge in [-0.2, -0.15) is 0 Å². The second-order valence-electron chi connectivity index (χ2n) is 3.81. The molecule has 3 N–H and O–H groups in total. The Balaban J connectivity index is 2.50. The molecule has 1 rings (SSSR count).